The Morgan fingerprint density at radius 1 is 0.951 bits per heavy atom. The van der Waals surface area contributed by atoms with E-state index in [-0.39, 0.29) is 41.2 Å². The zero-order valence-electron chi connectivity index (χ0n) is 22.9. The van der Waals surface area contributed by atoms with Crippen molar-refractivity contribution in [2.24, 2.45) is 11.3 Å². The van der Waals surface area contributed by atoms with E-state index in [1.54, 1.807) is 24.1 Å². The second-order valence-corrected chi connectivity index (χ2v) is 12.5. The number of amides is 3. The van der Waals surface area contributed by atoms with Crippen LogP contribution in [0.4, 0.5) is 13.2 Å². The Bertz CT molecular complexity index is 1340. The predicted octanol–water partition coefficient (Wildman–Crippen LogP) is 6.12. The molecule has 41 heavy (non-hydrogen) atoms. The summed E-state index contributed by atoms with van der Waals surface area (Å²) in [5, 5.41) is 0.0650. The molecule has 1 aliphatic carbocycles. The lowest BCUT2D eigenvalue weighted by Crippen LogP contribution is -2.46. The Morgan fingerprint density at radius 2 is 1.59 bits per heavy atom. The molecule has 2 aromatic rings. The number of rotatable bonds is 5. The van der Waals surface area contributed by atoms with Crippen LogP contribution in [0.5, 0.6) is 0 Å². The van der Waals surface area contributed by atoms with Crippen molar-refractivity contribution < 1.29 is 27.6 Å². The van der Waals surface area contributed by atoms with Gasteiger partial charge in [-0.1, -0.05) is 42.3 Å². The largest absolute Gasteiger partial charge is 0.417 e. The fourth-order valence-electron chi connectivity index (χ4n) is 6.00. The van der Waals surface area contributed by atoms with Crippen molar-refractivity contribution in [1.82, 2.24) is 14.7 Å². The van der Waals surface area contributed by atoms with Gasteiger partial charge < -0.3 is 14.7 Å². The van der Waals surface area contributed by atoms with Crippen LogP contribution in [-0.2, 0) is 15.8 Å². The third kappa shape index (κ3) is 6.07. The first kappa shape index (κ1) is 29.7. The summed E-state index contributed by atoms with van der Waals surface area (Å²) in [6, 6.07) is 9.82. The Morgan fingerprint density at radius 3 is 2.17 bits per heavy atom. The molecule has 1 saturated carbocycles. The molecule has 220 valence electrons. The molecular weight excluding hydrogens is 578 g/mol. The number of carbonyl (C=O) groups is 3. The van der Waals surface area contributed by atoms with Gasteiger partial charge in [0.1, 0.15) is 0 Å². The molecule has 2 atom stereocenters. The first-order chi connectivity index (χ1) is 19.3. The number of carbonyl (C=O) groups excluding carboxylic acids is 3. The number of benzene rings is 2. The smallest absolute Gasteiger partial charge is 0.342 e. The lowest BCUT2D eigenvalue weighted by atomic mass is 9.93. The topological polar surface area (TPSA) is 60.9 Å². The number of likely N-dealkylation sites (N-methyl/N-ethyl adjacent to an activating group) is 1. The van der Waals surface area contributed by atoms with E-state index in [1.807, 2.05) is 24.0 Å². The van der Waals surface area contributed by atoms with Crippen LogP contribution in [0, 0.1) is 11.3 Å². The van der Waals surface area contributed by atoms with Gasteiger partial charge >= 0.3 is 6.18 Å². The molecule has 1 unspecified atom stereocenters. The molecule has 6 nitrogen and oxygen atoms in total. The van der Waals surface area contributed by atoms with Crippen LogP contribution < -0.4 is 0 Å². The SMILES string of the molecule is CN(C(=O)c1ccc(Cl)c(C(F)(F)F)c1)[C@@H]1CN(C(=O)C2CCN(C(=O)C3(C)CC3)CC2)CC1c1ccc(Cl)cc1. The zero-order valence-corrected chi connectivity index (χ0v) is 24.4. The average molecular weight is 611 g/mol. The molecule has 2 heterocycles. The van der Waals surface area contributed by atoms with Gasteiger partial charge in [0, 0.05) is 61.1 Å². The van der Waals surface area contributed by atoms with Crippen molar-refractivity contribution in [1.29, 1.82) is 0 Å². The van der Waals surface area contributed by atoms with Gasteiger partial charge in [-0.2, -0.15) is 13.2 Å². The van der Waals surface area contributed by atoms with Gasteiger partial charge in [0.05, 0.1) is 16.6 Å². The molecule has 0 spiro atoms. The van der Waals surface area contributed by atoms with Crippen LogP contribution in [0.3, 0.4) is 0 Å². The van der Waals surface area contributed by atoms with E-state index in [0.29, 0.717) is 37.5 Å². The number of likely N-dealkylation sites (tertiary alicyclic amines) is 2. The van der Waals surface area contributed by atoms with E-state index in [1.165, 1.54) is 11.0 Å². The number of nitrogens with zero attached hydrogens (tertiary/aromatic N) is 3. The molecule has 3 aliphatic rings. The number of hydrogen-bond donors (Lipinski definition) is 0. The zero-order chi connectivity index (χ0) is 29.7. The number of piperidine rings is 1. The number of hydrogen-bond acceptors (Lipinski definition) is 3. The van der Waals surface area contributed by atoms with E-state index in [0.717, 1.165) is 30.5 Å². The summed E-state index contributed by atoms with van der Waals surface area (Å²) in [6.45, 7) is 3.66. The van der Waals surface area contributed by atoms with E-state index in [2.05, 4.69) is 0 Å². The van der Waals surface area contributed by atoms with E-state index in [9.17, 15) is 27.6 Å². The van der Waals surface area contributed by atoms with Crippen molar-refractivity contribution >= 4 is 40.9 Å². The molecule has 2 aliphatic heterocycles. The van der Waals surface area contributed by atoms with E-state index >= 15 is 0 Å². The van der Waals surface area contributed by atoms with Gasteiger partial charge in [-0.05, 0) is 61.6 Å². The Balaban J connectivity index is 1.34. The fourth-order valence-corrected chi connectivity index (χ4v) is 6.35. The van der Waals surface area contributed by atoms with Gasteiger partial charge in [-0.15, -0.1) is 0 Å². The Hall–Kier alpha value is -2.78. The second kappa shape index (κ2) is 11.1. The van der Waals surface area contributed by atoms with Crippen molar-refractivity contribution in [3.8, 4) is 0 Å². The highest BCUT2D eigenvalue weighted by Gasteiger charge is 2.48. The Kier molecular flexibility index (Phi) is 8.07. The normalized spacial score (nSPS) is 22.5. The molecular formula is C30H32Cl2F3N3O3. The lowest BCUT2D eigenvalue weighted by molar-refractivity contribution is -0.142. The number of alkyl halides is 3. The van der Waals surface area contributed by atoms with Crippen molar-refractivity contribution in [2.75, 3.05) is 33.2 Å². The van der Waals surface area contributed by atoms with Crippen molar-refractivity contribution in [3.63, 3.8) is 0 Å². The summed E-state index contributed by atoms with van der Waals surface area (Å²) in [4.78, 5) is 44.9. The highest BCUT2D eigenvalue weighted by atomic mass is 35.5. The predicted molar refractivity (Wildman–Crippen MR) is 150 cm³/mol. The maximum Gasteiger partial charge on any atom is 0.417 e. The average Bonchev–Trinajstić information content (AvgIpc) is 3.55. The summed E-state index contributed by atoms with van der Waals surface area (Å²) in [5.41, 5.74) is -0.575. The van der Waals surface area contributed by atoms with Gasteiger partial charge in [0.25, 0.3) is 5.91 Å². The van der Waals surface area contributed by atoms with Gasteiger partial charge in [-0.3, -0.25) is 14.4 Å². The minimum Gasteiger partial charge on any atom is -0.342 e. The molecule has 0 bridgehead atoms. The van der Waals surface area contributed by atoms with Crippen LogP contribution in [0.2, 0.25) is 10.0 Å². The lowest BCUT2D eigenvalue weighted by Gasteiger charge is -2.34. The van der Waals surface area contributed by atoms with Crippen LogP contribution >= 0.6 is 23.2 Å². The molecule has 0 N–H and O–H groups in total. The quantitative estimate of drug-likeness (QED) is 0.410. The summed E-state index contributed by atoms with van der Waals surface area (Å²) in [6.07, 6.45) is -1.73. The summed E-state index contributed by atoms with van der Waals surface area (Å²) >= 11 is 11.9. The van der Waals surface area contributed by atoms with Crippen molar-refractivity contribution in [3.05, 3.63) is 69.2 Å². The van der Waals surface area contributed by atoms with Gasteiger partial charge in [0.2, 0.25) is 11.8 Å². The molecule has 11 heteroatoms. The molecule has 2 aromatic carbocycles. The molecule has 0 aromatic heterocycles. The highest BCUT2D eigenvalue weighted by Crippen LogP contribution is 2.47. The van der Waals surface area contributed by atoms with Crippen LogP contribution in [0.1, 0.15) is 60.0 Å². The summed E-state index contributed by atoms with van der Waals surface area (Å²) in [5.74, 6) is -0.949. The maximum atomic E-state index is 13.7. The van der Waals surface area contributed by atoms with E-state index in [4.69, 9.17) is 23.2 Å². The van der Waals surface area contributed by atoms with E-state index < -0.39 is 28.7 Å². The van der Waals surface area contributed by atoms with Crippen LogP contribution in [0.25, 0.3) is 0 Å². The minimum absolute atomic E-state index is 0.0251. The van der Waals surface area contributed by atoms with Crippen LogP contribution in [0.15, 0.2) is 42.5 Å². The third-order valence-electron chi connectivity index (χ3n) is 8.88. The van der Waals surface area contributed by atoms with Crippen LogP contribution in [-0.4, -0.2) is 71.7 Å². The molecule has 5 rings (SSSR count). The number of halogens is 5. The monoisotopic (exact) mass is 609 g/mol. The second-order valence-electron chi connectivity index (χ2n) is 11.7. The maximum absolute atomic E-state index is 13.7. The first-order valence-corrected chi connectivity index (χ1v) is 14.5. The molecule has 0 radical (unpaired) electrons. The van der Waals surface area contributed by atoms with Gasteiger partial charge in [-0.25, -0.2) is 0 Å². The summed E-state index contributed by atoms with van der Waals surface area (Å²) in [7, 11) is 1.55. The Labute approximate surface area is 247 Å². The third-order valence-corrected chi connectivity index (χ3v) is 9.46. The van der Waals surface area contributed by atoms with Crippen molar-refractivity contribution in [2.45, 2.75) is 50.7 Å². The minimum atomic E-state index is -4.70. The molecule has 2 saturated heterocycles. The van der Waals surface area contributed by atoms with Gasteiger partial charge in [0.15, 0.2) is 0 Å². The fraction of sp³-hybridized carbons (Fsp3) is 0.500. The highest BCUT2D eigenvalue weighted by molar-refractivity contribution is 6.31. The molecule has 3 fully saturated rings. The molecule has 3 amide bonds. The first-order valence-electron chi connectivity index (χ1n) is 13.8. The summed E-state index contributed by atoms with van der Waals surface area (Å²) < 4.78 is 40.4. The standard InChI is InChI=1S/C30H32Cl2F3N3O3/c1-29(11-12-29)28(41)37-13-9-19(10-14-37)27(40)38-16-22(18-3-6-21(31)7-4-18)25(17-38)36(2)26(39)20-5-8-24(32)23(15-20)30(33,34)35/h3-8,15,19,22,25H,9-14,16-17H2,1-2H3/t22?,25-/m1/s1.